The van der Waals surface area contributed by atoms with Crippen molar-refractivity contribution in [1.29, 1.82) is 0 Å². The first kappa shape index (κ1) is 48.6. The van der Waals surface area contributed by atoms with Crippen LogP contribution in [0.1, 0.15) is 162 Å². The van der Waals surface area contributed by atoms with Crippen molar-refractivity contribution in [2.24, 2.45) is 0 Å². The van der Waals surface area contributed by atoms with Crippen molar-refractivity contribution in [3.63, 3.8) is 0 Å². The summed E-state index contributed by atoms with van der Waals surface area (Å²) in [5.74, 6) is -1.13. The van der Waals surface area contributed by atoms with Gasteiger partial charge in [0.2, 0.25) is 0 Å². The molecule has 0 aromatic carbocycles. The van der Waals surface area contributed by atoms with Gasteiger partial charge in [-0.05, 0) is 38.5 Å². The summed E-state index contributed by atoms with van der Waals surface area (Å²) >= 11 is 0. The lowest BCUT2D eigenvalue weighted by atomic mass is 9.85. The molecule has 6 unspecified atom stereocenters. The van der Waals surface area contributed by atoms with E-state index >= 15 is 0 Å². The molecule has 306 valence electrons. The van der Waals surface area contributed by atoms with Crippen molar-refractivity contribution in [2.45, 2.75) is 204 Å². The second kappa shape index (κ2) is 29.9. The molecule has 0 aliphatic heterocycles. The fourth-order valence-corrected chi connectivity index (χ4v) is 7.02. The normalized spacial score (nSPS) is 23.8. The van der Waals surface area contributed by atoms with E-state index in [0.29, 0.717) is 12.8 Å². The number of phosphoric ester groups is 1. The Hall–Kier alpha value is -1.41. The van der Waals surface area contributed by atoms with E-state index in [9.17, 15) is 44.6 Å². The smallest absolute Gasteiger partial charge is 0.462 e. The number of rotatable bonds is 32. The van der Waals surface area contributed by atoms with Gasteiger partial charge in [-0.3, -0.25) is 18.6 Å². The zero-order chi connectivity index (χ0) is 38.6. The molecule has 8 atom stereocenters. The molecule has 13 nitrogen and oxygen atoms in total. The number of hydrogen-bond acceptors (Lipinski definition) is 12. The molecular formula is C38H71O13P. The Kier molecular flexibility index (Phi) is 27.9. The zero-order valence-corrected chi connectivity index (χ0v) is 32.8. The number of aliphatic hydroxyl groups excluding tert-OH is 5. The summed E-state index contributed by atoms with van der Waals surface area (Å²) in [6.45, 7) is 3.21. The number of esters is 2. The predicted octanol–water partition coefficient (Wildman–Crippen LogP) is 6.33. The molecule has 6 N–H and O–H groups in total. The summed E-state index contributed by atoms with van der Waals surface area (Å²) in [6.07, 6.45) is 14.5. The van der Waals surface area contributed by atoms with Gasteiger partial charge in [0, 0.05) is 12.8 Å². The quantitative estimate of drug-likeness (QED) is 0.0192. The molecule has 52 heavy (non-hydrogen) atoms. The first-order chi connectivity index (χ1) is 24.9. The van der Waals surface area contributed by atoms with Crippen LogP contribution < -0.4 is 0 Å². The van der Waals surface area contributed by atoms with E-state index in [1.165, 1.54) is 83.5 Å². The summed E-state index contributed by atoms with van der Waals surface area (Å²) in [6, 6.07) is 0. The highest BCUT2D eigenvalue weighted by Gasteiger charge is 2.51. The zero-order valence-electron chi connectivity index (χ0n) is 31.9. The van der Waals surface area contributed by atoms with Gasteiger partial charge in [0.25, 0.3) is 0 Å². The highest BCUT2D eigenvalue weighted by Crippen LogP contribution is 2.47. The van der Waals surface area contributed by atoms with Crippen LogP contribution in [0.25, 0.3) is 0 Å². The molecule has 1 aliphatic rings. The van der Waals surface area contributed by atoms with E-state index in [1.54, 1.807) is 0 Å². The van der Waals surface area contributed by atoms with Crippen LogP contribution in [0.5, 0.6) is 0 Å². The minimum Gasteiger partial charge on any atom is -0.462 e. The molecule has 0 bridgehead atoms. The minimum absolute atomic E-state index is 0.0701. The number of ether oxygens (including phenoxy) is 2. The number of hydrogen-bond donors (Lipinski definition) is 6. The number of unbranched alkanes of at least 4 members (excludes halogenated alkanes) is 18. The van der Waals surface area contributed by atoms with Crippen molar-refractivity contribution in [2.75, 3.05) is 13.2 Å². The van der Waals surface area contributed by atoms with E-state index < -0.39 is 75.7 Å². The van der Waals surface area contributed by atoms with Crippen molar-refractivity contribution in [3.05, 3.63) is 12.2 Å². The Morgan fingerprint density at radius 2 is 0.981 bits per heavy atom. The fraction of sp³-hybridized carbons (Fsp3) is 0.895. The van der Waals surface area contributed by atoms with Crippen LogP contribution in [0.3, 0.4) is 0 Å². The standard InChI is InChI=1S/C38H71O13P/c1-3-5-7-9-11-13-14-15-16-17-18-19-21-23-25-27-32(40)50-30(28-48-31(39)26-24-22-20-12-10-8-6-4-2)29-49-52(46,47)51-38-36(44)34(42)33(41)35(43)37(38)45/h18-19,30,33-38,41-45H,3-17,20-29H2,1-2H3,(H,46,47)/b19-18+/t30-,33?,34-,35?,36?,37?,38?/m1/s1. The number of carbonyl (C=O) groups is 2. The van der Waals surface area contributed by atoms with Crippen LogP contribution in [0.4, 0.5) is 0 Å². The maximum absolute atomic E-state index is 12.7. The third-order valence-electron chi connectivity index (χ3n) is 9.36. The fourth-order valence-electron chi connectivity index (χ4n) is 6.05. The molecule has 0 amide bonds. The number of allylic oxidation sites excluding steroid dienone is 2. The Bertz CT molecular complexity index is 980. The predicted molar refractivity (Wildman–Crippen MR) is 198 cm³/mol. The van der Waals surface area contributed by atoms with Crippen LogP contribution >= 0.6 is 7.82 Å². The van der Waals surface area contributed by atoms with Gasteiger partial charge in [-0.15, -0.1) is 0 Å². The topological polar surface area (TPSA) is 210 Å². The largest absolute Gasteiger partial charge is 0.472 e. The summed E-state index contributed by atoms with van der Waals surface area (Å²) < 4.78 is 33.3. The molecule has 14 heteroatoms. The first-order valence-corrected chi connectivity index (χ1v) is 21.5. The Morgan fingerprint density at radius 3 is 1.50 bits per heavy atom. The van der Waals surface area contributed by atoms with E-state index in [-0.39, 0.29) is 12.8 Å². The highest BCUT2D eigenvalue weighted by molar-refractivity contribution is 7.47. The molecule has 0 aromatic rings. The number of carbonyl (C=O) groups excluding carboxylic acids is 2. The van der Waals surface area contributed by atoms with E-state index in [2.05, 4.69) is 26.0 Å². The molecule has 0 heterocycles. The number of aliphatic hydroxyl groups is 5. The van der Waals surface area contributed by atoms with Crippen LogP contribution in [0.15, 0.2) is 12.2 Å². The monoisotopic (exact) mass is 766 g/mol. The van der Waals surface area contributed by atoms with Gasteiger partial charge in [-0.1, -0.05) is 122 Å². The van der Waals surface area contributed by atoms with Crippen molar-refractivity contribution >= 4 is 19.8 Å². The van der Waals surface area contributed by atoms with E-state index in [4.69, 9.17) is 18.5 Å². The van der Waals surface area contributed by atoms with E-state index in [0.717, 1.165) is 38.5 Å². The molecule has 0 aromatic heterocycles. The maximum atomic E-state index is 12.7. The molecular weight excluding hydrogens is 695 g/mol. The third kappa shape index (κ3) is 22.7. The number of phosphoric acid groups is 1. The average Bonchev–Trinajstić information content (AvgIpc) is 3.12. The molecule has 0 spiro atoms. The lowest BCUT2D eigenvalue weighted by molar-refractivity contribution is -0.220. The summed E-state index contributed by atoms with van der Waals surface area (Å²) in [4.78, 5) is 35.4. The van der Waals surface area contributed by atoms with Crippen molar-refractivity contribution < 1.29 is 63.1 Å². The lowest BCUT2D eigenvalue weighted by Crippen LogP contribution is -2.64. The van der Waals surface area contributed by atoms with Crippen LogP contribution in [0, 0.1) is 0 Å². The van der Waals surface area contributed by atoms with Gasteiger partial charge in [0.15, 0.2) is 6.10 Å². The minimum atomic E-state index is -5.11. The van der Waals surface area contributed by atoms with Crippen LogP contribution in [0.2, 0.25) is 0 Å². The van der Waals surface area contributed by atoms with Crippen LogP contribution in [-0.2, 0) is 32.7 Å². The SMILES string of the molecule is CCCCCCCCCCC/C=C/CCCCC(=O)O[C@H](COC(=O)CCCCCCCCCC)COP(=O)(O)OC1C(O)C(O)C(O)[C@@H](O)C1O. The summed E-state index contributed by atoms with van der Waals surface area (Å²) in [7, 11) is -5.11. The molecule has 1 aliphatic carbocycles. The van der Waals surface area contributed by atoms with Crippen molar-refractivity contribution in [1.82, 2.24) is 0 Å². The van der Waals surface area contributed by atoms with Gasteiger partial charge in [-0.25, -0.2) is 4.57 Å². The summed E-state index contributed by atoms with van der Waals surface area (Å²) in [5, 5.41) is 49.9. The Labute approximate surface area is 312 Å². The second-order valence-corrected chi connectivity index (χ2v) is 15.5. The van der Waals surface area contributed by atoms with Gasteiger partial charge >= 0.3 is 19.8 Å². The lowest BCUT2D eigenvalue weighted by Gasteiger charge is -2.41. The molecule has 1 rings (SSSR count). The summed E-state index contributed by atoms with van der Waals surface area (Å²) in [5.41, 5.74) is 0. The van der Waals surface area contributed by atoms with Crippen LogP contribution in [-0.4, -0.2) is 98.3 Å². The Morgan fingerprint density at radius 1 is 0.577 bits per heavy atom. The highest BCUT2D eigenvalue weighted by atomic mass is 31.2. The first-order valence-electron chi connectivity index (χ1n) is 20.0. The van der Waals surface area contributed by atoms with Gasteiger partial charge in [-0.2, -0.15) is 0 Å². The molecule has 0 saturated heterocycles. The van der Waals surface area contributed by atoms with Gasteiger partial charge < -0.3 is 39.9 Å². The third-order valence-corrected chi connectivity index (χ3v) is 10.3. The molecule has 0 radical (unpaired) electrons. The molecule has 1 fully saturated rings. The van der Waals surface area contributed by atoms with Crippen molar-refractivity contribution in [3.8, 4) is 0 Å². The van der Waals surface area contributed by atoms with Gasteiger partial charge in [0.1, 0.15) is 43.2 Å². The average molecular weight is 767 g/mol. The van der Waals surface area contributed by atoms with E-state index in [1.807, 2.05) is 0 Å². The maximum Gasteiger partial charge on any atom is 0.472 e. The molecule has 1 saturated carbocycles. The Balaban J connectivity index is 2.53. The second-order valence-electron chi connectivity index (χ2n) is 14.1. The van der Waals surface area contributed by atoms with Gasteiger partial charge in [0.05, 0.1) is 6.61 Å².